The van der Waals surface area contributed by atoms with Crippen molar-refractivity contribution in [2.24, 2.45) is 23.7 Å². The lowest BCUT2D eigenvalue weighted by Gasteiger charge is -2.27. The van der Waals surface area contributed by atoms with Gasteiger partial charge in [0.05, 0.1) is 18.9 Å². The number of benzene rings is 2. The van der Waals surface area contributed by atoms with Crippen molar-refractivity contribution in [2.45, 2.75) is 31.7 Å². The largest absolute Gasteiger partial charge is 0.497 e. The molecule has 3 amide bonds. The third-order valence-corrected chi connectivity index (χ3v) is 7.21. The molecule has 0 radical (unpaired) electrons. The van der Waals surface area contributed by atoms with Crippen LogP contribution in [0.3, 0.4) is 0 Å². The number of fused-ring (bicyclic) bond motifs is 5. The Kier molecular flexibility index (Phi) is 5.00. The van der Waals surface area contributed by atoms with Gasteiger partial charge < -0.3 is 10.1 Å². The normalized spacial score (nSPS) is 27.3. The van der Waals surface area contributed by atoms with Crippen LogP contribution in [-0.2, 0) is 20.8 Å². The summed E-state index contributed by atoms with van der Waals surface area (Å²) in [6.45, 7) is 0. The maximum Gasteiger partial charge on any atom is 0.248 e. The van der Waals surface area contributed by atoms with Crippen LogP contribution in [0.4, 0.5) is 5.69 Å². The minimum absolute atomic E-state index is 0.159. The molecule has 0 aromatic heterocycles. The van der Waals surface area contributed by atoms with E-state index in [9.17, 15) is 14.4 Å². The number of carbonyl (C=O) groups excluding carboxylic acids is 3. The van der Waals surface area contributed by atoms with Crippen molar-refractivity contribution < 1.29 is 19.1 Å². The second kappa shape index (κ2) is 7.84. The van der Waals surface area contributed by atoms with Gasteiger partial charge in [-0.15, -0.1) is 0 Å². The van der Waals surface area contributed by atoms with Crippen LogP contribution in [0.1, 0.15) is 24.8 Å². The molecule has 2 saturated carbocycles. The Balaban J connectivity index is 1.43. The lowest BCUT2D eigenvalue weighted by Crippen LogP contribution is -2.49. The van der Waals surface area contributed by atoms with Crippen LogP contribution in [0.5, 0.6) is 5.75 Å². The monoisotopic (exact) mass is 418 g/mol. The molecule has 5 atom stereocenters. The van der Waals surface area contributed by atoms with Gasteiger partial charge in [-0.05, 0) is 60.9 Å². The molecule has 1 saturated heterocycles. The third-order valence-electron chi connectivity index (χ3n) is 7.21. The number of methoxy groups -OCH3 is 1. The van der Waals surface area contributed by atoms with Gasteiger partial charge in [0.2, 0.25) is 17.7 Å². The van der Waals surface area contributed by atoms with Crippen LogP contribution in [0, 0.1) is 23.7 Å². The molecule has 2 aromatic carbocycles. The minimum atomic E-state index is -0.866. The molecule has 0 spiro atoms. The summed E-state index contributed by atoms with van der Waals surface area (Å²) >= 11 is 0. The first kappa shape index (κ1) is 19.8. The van der Waals surface area contributed by atoms with E-state index in [2.05, 4.69) is 5.32 Å². The molecule has 3 aliphatic rings. The second-order valence-corrected chi connectivity index (χ2v) is 8.85. The summed E-state index contributed by atoms with van der Waals surface area (Å²) < 4.78 is 5.17. The number of amides is 3. The van der Waals surface area contributed by atoms with E-state index in [1.54, 1.807) is 31.4 Å². The maximum absolute atomic E-state index is 13.4. The summed E-state index contributed by atoms with van der Waals surface area (Å²) in [5.41, 5.74) is 1.52. The number of hydrogen-bond donors (Lipinski definition) is 1. The summed E-state index contributed by atoms with van der Waals surface area (Å²) in [6.07, 6.45) is 3.30. The Morgan fingerprint density at radius 3 is 2.19 bits per heavy atom. The van der Waals surface area contributed by atoms with Gasteiger partial charge in [-0.2, -0.15) is 0 Å². The topological polar surface area (TPSA) is 75.7 Å². The molecular weight excluding hydrogens is 392 g/mol. The summed E-state index contributed by atoms with van der Waals surface area (Å²) in [7, 11) is 1.58. The third kappa shape index (κ3) is 3.40. The number of hydrogen-bond acceptors (Lipinski definition) is 4. The van der Waals surface area contributed by atoms with Crippen molar-refractivity contribution in [3.8, 4) is 5.75 Å². The van der Waals surface area contributed by atoms with Crippen LogP contribution in [0.25, 0.3) is 0 Å². The Morgan fingerprint density at radius 1 is 1.00 bits per heavy atom. The number of nitrogens with zero attached hydrogens (tertiary/aromatic N) is 1. The quantitative estimate of drug-likeness (QED) is 0.731. The van der Waals surface area contributed by atoms with Crippen LogP contribution >= 0.6 is 0 Å². The van der Waals surface area contributed by atoms with E-state index in [0.717, 1.165) is 24.8 Å². The van der Waals surface area contributed by atoms with Crippen LogP contribution in [0.2, 0.25) is 0 Å². The maximum atomic E-state index is 13.4. The molecule has 5 rings (SSSR count). The number of imide groups is 1. The highest BCUT2D eigenvalue weighted by Gasteiger charge is 2.62. The van der Waals surface area contributed by atoms with Gasteiger partial charge >= 0.3 is 0 Å². The minimum Gasteiger partial charge on any atom is -0.497 e. The summed E-state index contributed by atoms with van der Waals surface area (Å²) in [5, 5.41) is 2.89. The Bertz CT molecular complexity index is 976. The smallest absolute Gasteiger partial charge is 0.248 e. The fourth-order valence-corrected chi connectivity index (χ4v) is 5.78. The molecule has 1 aliphatic heterocycles. The first-order valence-electron chi connectivity index (χ1n) is 10.9. The average Bonchev–Trinajstić information content (AvgIpc) is 3.47. The van der Waals surface area contributed by atoms with Crippen LogP contribution < -0.4 is 10.1 Å². The molecule has 31 heavy (non-hydrogen) atoms. The number of carbonyl (C=O) groups is 3. The van der Waals surface area contributed by atoms with Crippen molar-refractivity contribution in [3.05, 3.63) is 60.2 Å². The first-order valence-corrected chi connectivity index (χ1v) is 10.9. The summed E-state index contributed by atoms with van der Waals surface area (Å²) in [5.74, 6) is 0.129. The fraction of sp³-hybridized carbons (Fsp3) is 0.400. The van der Waals surface area contributed by atoms with Crippen molar-refractivity contribution in [1.29, 1.82) is 0 Å². The highest BCUT2D eigenvalue weighted by molar-refractivity contribution is 6.10. The van der Waals surface area contributed by atoms with Crippen LogP contribution in [0.15, 0.2) is 54.6 Å². The van der Waals surface area contributed by atoms with Gasteiger partial charge in [0.25, 0.3) is 0 Å². The van der Waals surface area contributed by atoms with E-state index in [1.165, 1.54) is 4.90 Å². The molecule has 2 aromatic rings. The Morgan fingerprint density at radius 2 is 1.61 bits per heavy atom. The van der Waals surface area contributed by atoms with Gasteiger partial charge in [-0.3, -0.25) is 19.3 Å². The molecule has 2 bridgehead atoms. The van der Waals surface area contributed by atoms with Gasteiger partial charge in [-0.25, -0.2) is 0 Å². The number of nitrogens with one attached hydrogen (secondary N) is 1. The number of likely N-dealkylation sites (tertiary alicyclic amines) is 1. The summed E-state index contributed by atoms with van der Waals surface area (Å²) in [4.78, 5) is 41.4. The van der Waals surface area contributed by atoms with Gasteiger partial charge in [0, 0.05) is 12.1 Å². The van der Waals surface area contributed by atoms with E-state index in [4.69, 9.17) is 4.74 Å². The van der Waals surface area contributed by atoms with Crippen molar-refractivity contribution in [3.63, 3.8) is 0 Å². The van der Waals surface area contributed by atoms with Gasteiger partial charge in [-0.1, -0.05) is 30.3 Å². The van der Waals surface area contributed by atoms with Crippen molar-refractivity contribution in [2.75, 3.05) is 12.4 Å². The predicted molar refractivity (Wildman–Crippen MR) is 115 cm³/mol. The SMILES string of the molecule is COc1ccc(NC(=O)[C@@H](Cc2ccccc2)N2C(=O)[C@H]3[C@@H]4CC[C@@H](C4)[C@@H]3C2=O)cc1. The molecule has 3 fully saturated rings. The molecule has 160 valence electrons. The fourth-order valence-electron chi connectivity index (χ4n) is 5.78. The molecular formula is C25H26N2O4. The van der Waals surface area contributed by atoms with Gasteiger partial charge in [0.15, 0.2) is 0 Å². The van der Waals surface area contributed by atoms with E-state index in [-0.39, 0.29) is 29.6 Å². The highest BCUT2D eigenvalue weighted by atomic mass is 16.5. The lowest BCUT2D eigenvalue weighted by molar-refractivity contribution is -0.147. The zero-order chi connectivity index (χ0) is 21.5. The second-order valence-electron chi connectivity index (χ2n) is 8.85. The van der Waals surface area contributed by atoms with E-state index >= 15 is 0 Å². The zero-order valence-electron chi connectivity index (χ0n) is 17.5. The van der Waals surface area contributed by atoms with Gasteiger partial charge in [0.1, 0.15) is 11.8 Å². The van der Waals surface area contributed by atoms with Crippen molar-refractivity contribution in [1.82, 2.24) is 4.90 Å². The number of anilines is 1. The van der Waals surface area contributed by atoms with E-state index in [0.29, 0.717) is 29.7 Å². The lowest BCUT2D eigenvalue weighted by atomic mass is 9.81. The predicted octanol–water partition coefficient (Wildman–Crippen LogP) is 3.28. The molecule has 0 unspecified atom stereocenters. The standard InChI is InChI=1S/C25H26N2O4/c1-31-19-11-9-18(10-12-19)26-23(28)20(13-15-5-3-2-4-6-15)27-24(29)21-16-7-8-17(14-16)22(21)25(27)30/h2-6,9-12,16-17,20-22H,7-8,13-14H2,1H3,(H,26,28)/t16-,17+,20-,21+,22+/m1/s1. The van der Waals surface area contributed by atoms with Crippen molar-refractivity contribution >= 4 is 23.4 Å². The Labute approximate surface area is 181 Å². The molecule has 2 aliphatic carbocycles. The molecule has 1 N–H and O–H groups in total. The zero-order valence-corrected chi connectivity index (χ0v) is 17.5. The van der Waals surface area contributed by atoms with E-state index < -0.39 is 6.04 Å². The molecule has 1 heterocycles. The average molecular weight is 418 g/mol. The van der Waals surface area contributed by atoms with E-state index in [1.807, 2.05) is 30.3 Å². The summed E-state index contributed by atoms with van der Waals surface area (Å²) in [6, 6.07) is 15.7. The van der Waals surface area contributed by atoms with Crippen LogP contribution in [-0.4, -0.2) is 35.8 Å². The Hall–Kier alpha value is -3.15. The molecule has 6 heteroatoms. The number of ether oxygens (including phenoxy) is 1. The first-order chi connectivity index (χ1) is 15.1. The number of rotatable bonds is 6. The molecule has 6 nitrogen and oxygen atoms in total. The highest BCUT2D eigenvalue weighted by Crippen LogP contribution is 2.56.